The van der Waals surface area contributed by atoms with Crippen LogP contribution in [0.4, 0.5) is 0 Å². The van der Waals surface area contributed by atoms with Crippen LogP contribution in [0.3, 0.4) is 0 Å². The maximum absolute atomic E-state index is 11.2. The van der Waals surface area contributed by atoms with Crippen LogP contribution in [0.2, 0.25) is 0 Å². The molecule has 2 heteroatoms. The van der Waals surface area contributed by atoms with E-state index in [4.69, 9.17) is 4.74 Å². The van der Waals surface area contributed by atoms with Crippen molar-refractivity contribution in [3.63, 3.8) is 0 Å². The first kappa shape index (κ1) is 12.5. The lowest BCUT2D eigenvalue weighted by molar-refractivity contribution is -0.145. The normalized spacial score (nSPS) is 13.9. The Balaban J connectivity index is 3.93. The van der Waals surface area contributed by atoms with Gasteiger partial charge in [0.1, 0.15) is 0 Å². The summed E-state index contributed by atoms with van der Waals surface area (Å²) in [5.74, 6) is 0.0241. The molecule has 0 bridgehead atoms. The number of rotatable bonds is 4. The van der Waals surface area contributed by atoms with Crippen LogP contribution in [0.25, 0.3) is 0 Å². The molecule has 78 valence electrons. The van der Waals surface area contributed by atoms with E-state index in [-0.39, 0.29) is 11.9 Å². The molecule has 0 rings (SSSR count). The number of esters is 1. The molecule has 0 aromatic heterocycles. The molecule has 0 aliphatic carbocycles. The van der Waals surface area contributed by atoms with Crippen molar-refractivity contribution < 1.29 is 9.53 Å². The summed E-state index contributed by atoms with van der Waals surface area (Å²) >= 11 is 0. The number of hydrogen-bond acceptors (Lipinski definition) is 2. The number of ether oxygens (including phenoxy) is 1. The predicted molar refractivity (Wildman–Crippen MR) is 54.5 cm³/mol. The van der Waals surface area contributed by atoms with E-state index >= 15 is 0 Å². The molecule has 0 aromatic carbocycles. The van der Waals surface area contributed by atoms with Crippen LogP contribution in [0.5, 0.6) is 0 Å². The highest BCUT2D eigenvalue weighted by molar-refractivity contribution is 5.72. The van der Waals surface area contributed by atoms with Gasteiger partial charge < -0.3 is 4.74 Å². The molecule has 1 unspecified atom stereocenters. The minimum atomic E-state index is -0.0632. The van der Waals surface area contributed by atoms with Crippen molar-refractivity contribution in [1.82, 2.24) is 0 Å². The Hall–Kier alpha value is -0.530. The molecule has 0 amide bonds. The Labute approximate surface area is 81.7 Å². The molecule has 0 aliphatic heterocycles. The van der Waals surface area contributed by atoms with E-state index in [0.29, 0.717) is 5.41 Å². The maximum Gasteiger partial charge on any atom is 0.308 e. The van der Waals surface area contributed by atoms with Crippen LogP contribution in [0.15, 0.2) is 0 Å². The van der Waals surface area contributed by atoms with E-state index in [9.17, 15) is 4.79 Å². The summed E-state index contributed by atoms with van der Waals surface area (Å²) in [7, 11) is 1.46. The summed E-state index contributed by atoms with van der Waals surface area (Å²) in [4.78, 5) is 11.2. The SMILES string of the molecule is CCC(CCC(C)(C)C)C(=O)OC. The monoisotopic (exact) mass is 186 g/mol. The molecule has 0 saturated heterocycles. The van der Waals surface area contributed by atoms with Gasteiger partial charge in [-0.1, -0.05) is 27.7 Å². The molecular weight excluding hydrogens is 164 g/mol. The summed E-state index contributed by atoms with van der Waals surface area (Å²) < 4.78 is 4.73. The van der Waals surface area contributed by atoms with Crippen LogP contribution in [-0.4, -0.2) is 13.1 Å². The molecule has 0 heterocycles. The summed E-state index contributed by atoms with van der Waals surface area (Å²) in [6, 6.07) is 0. The van der Waals surface area contributed by atoms with Gasteiger partial charge in [-0.25, -0.2) is 0 Å². The minimum absolute atomic E-state index is 0.0632. The lowest BCUT2D eigenvalue weighted by Crippen LogP contribution is -2.18. The van der Waals surface area contributed by atoms with Crippen LogP contribution in [0.1, 0.15) is 47.0 Å². The number of methoxy groups -OCH3 is 1. The van der Waals surface area contributed by atoms with Gasteiger partial charge in [-0.3, -0.25) is 4.79 Å². The summed E-state index contributed by atoms with van der Waals surface area (Å²) in [6.45, 7) is 8.61. The second kappa shape index (κ2) is 5.25. The minimum Gasteiger partial charge on any atom is -0.469 e. The average molecular weight is 186 g/mol. The zero-order chi connectivity index (χ0) is 10.5. The largest absolute Gasteiger partial charge is 0.469 e. The summed E-state index contributed by atoms with van der Waals surface area (Å²) in [5, 5.41) is 0. The van der Waals surface area contributed by atoms with Crippen molar-refractivity contribution in [1.29, 1.82) is 0 Å². The van der Waals surface area contributed by atoms with Gasteiger partial charge >= 0.3 is 5.97 Å². The van der Waals surface area contributed by atoms with Crippen molar-refractivity contribution in [3.05, 3.63) is 0 Å². The first-order chi connectivity index (χ1) is 5.90. The molecular formula is C11H22O2. The van der Waals surface area contributed by atoms with Crippen LogP contribution >= 0.6 is 0 Å². The second-order valence-electron chi connectivity index (χ2n) is 4.73. The van der Waals surface area contributed by atoms with Crippen molar-refractivity contribution in [2.75, 3.05) is 7.11 Å². The predicted octanol–water partition coefficient (Wildman–Crippen LogP) is 3.01. The van der Waals surface area contributed by atoms with Crippen molar-refractivity contribution in [3.8, 4) is 0 Å². The lowest BCUT2D eigenvalue weighted by atomic mass is 9.86. The lowest BCUT2D eigenvalue weighted by Gasteiger charge is -2.20. The van der Waals surface area contributed by atoms with Crippen LogP contribution < -0.4 is 0 Å². The third kappa shape index (κ3) is 5.67. The third-order valence-electron chi connectivity index (χ3n) is 2.27. The molecule has 0 aliphatic rings. The fourth-order valence-corrected chi connectivity index (χ4v) is 1.26. The topological polar surface area (TPSA) is 26.3 Å². The van der Waals surface area contributed by atoms with Gasteiger partial charge in [0.05, 0.1) is 13.0 Å². The Bertz CT molecular complexity index is 156. The highest BCUT2D eigenvalue weighted by Crippen LogP contribution is 2.25. The standard InChI is InChI=1S/C11H22O2/c1-6-9(10(12)13-5)7-8-11(2,3)4/h9H,6-8H2,1-5H3. The van der Waals surface area contributed by atoms with E-state index < -0.39 is 0 Å². The van der Waals surface area contributed by atoms with Gasteiger partial charge in [-0.05, 0) is 24.7 Å². The number of carbonyl (C=O) groups excluding carboxylic acids is 1. The Kier molecular flexibility index (Phi) is 5.04. The molecule has 0 aromatic rings. The zero-order valence-electron chi connectivity index (χ0n) is 9.52. The first-order valence-corrected chi connectivity index (χ1v) is 4.98. The molecule has 1 atom stereocenters. The first-order valence-electron chi connectivity index (χ1n) is 4.98. The molecule has 0 N–H and O–H groups in total. The van der Waals surface area contributed by atoms with Crippen molar-refractivity contribution >= 4 is 5.97 Å². The van der Waals surface area contributed by atoms with Gasteiger partial charge in [0.2, 0.25) is 0 Å². The molecule has 2 nitrogen and oxygen atoms in total. The van der Waals surface area contributed by atoms with Gasteiger partial charge in [0.25, 0.3) is 0 Å². The van der Waals surface area contributed by atoms with Crippen LogP contribution in [-0.2, 0) is 9.53 Å². The Morgan fingerprint density at radius 2 is 1.92 bits per heavy atom. The highest BCUT2D eigenvalue weighted by atomic mass is 16.5. The van der Waals surface area contributed by atoms with Gasteiger partial charge in [0.15, 0.2) is 0 Å². The molecule has 0 fully saturated rings. The zero-order valence-corrected chi connectivity index (χ0v) is 9.52. The van der Waals surface area contributed by atoms with Gasteiger partial charge in [-0.15, -0.1) is 0 Å². The summed E-state index contributed by atoms with van der Waals surface area (Å²) in [6.07, 6.45) is 2.88. The van der Waals surface area contributed by atoms with Crippen molar-refractivity contribution in [2.45, 2.75) is 47.0 Å². The molecule has 0 radical (unpaired) electrons. The number of carbonyl (C=O) groups is 1. The fraction of sp³-hybridized carbons (Fsp3) is 0.909. The molecule has 0 saturated carbocycles. The van der Waals surface area contributed by atoms with Crippen molar-refractivity contribution in [2.24, 2.45) is 11.3 Å². The summed E-state index contributed by atoms with van der Waals surface area (Å²) in [5.41, 5.74) is 0.307. The van der Waals surface area contributed by atoms with Gasteiger partial charge in [-0.2, -0.15) is 0 Å². The highest BCUT2D eigenvalue weighted by Gasteiger charge is 2.20. The Morgan fingerprint density at radius 3 is 2.23 bits per heavy atom. The Morgan fingerprint density at radius 1 is 1.38 bits per heavy atom. The number of hydrogen-bond donors (Lipinski definition) is 0. The average Bonchev–Trinajstić information content (AvgIpc) is 2.03. The molecule has 13 heavy (non-hydrogen) atoms. The second-order valence-corrected chi connectivity index (χ2v) is 4.73. The van der Waals surface area contributed by atoms with E-state index in [2.05, 4.69) is 20.8 Å². The van der Waals surface area contributed by atoms with Crippen LogP contribution in [0, 0.1) is 11.3 Å². The quantitative estimate of drug-likeness (QED) is 0.631. The smallest absolute Gasteiger partial charge is 0.308 e. The third-order valence-corrected chi connectivity index (χ3v) is 2.27. The van der Waals surface area contributed by atoms with E-state index in [1.165, 1.54) is 7.11 Å². The molecule has 0 spiro atoms. The fourth-order valence-electron chi connectivity index (χ4n) is 1.26. The van der Waals surface area contributed by atoms with E-state index in [0.717, 1.165) is 19.3 Å². The maximum atomic E-state index is 11.2. The van der Waals surface area contributed by atoms with Gasteiger partial charge in [0, 0.05) is 0 Å². The van der Waals surface area contributed by atoms with E-state index in [1.807, 2.05) is 6.92 Å². The van der Waals surface area contributed by atoms with E-state index in [1.54, 1.807) is 0 Å².